The average molecular weight is 397 g/mol. The Morgan fingerprint density at radius 3 is 2.72 bits per heavy atom. The van der Waals surface area contributed by atoms with Crippen LogP contribution in [0.25, 0.3) is 11.3 Å². The van der Waals surface area contributed by atoms with Crippen LogP contribution in [-0.4, -0.2) is 43.0 Å². The highest BCUT2D eigenvalue weighted by molar-refractivity contribution is 6.22. The third kappa shape index (κ3) is 1.96. The van der Waals surface area contributed by atoms with Crippen LogP contribution in [0.3, 0.4) is 0 Å². The number of hydrogen-bond acceptors (Lipinski definition) is 7. The molecule has 1 fully saturated rings. The fraction of sp³-hybridized carbons (Fsp3) is 0.400. The highest BCUT2D eigenvalue weighted by Gasteiger charge is 2.63. The quantitative estimate of drug-likeness (QED) is 0.420. The molecule has 3 aliphatic carbocycles. The number of aliphatic hydroxyl groups is 2. The Morgan fingerprint density at radius 1 is 1.31 bits per heavy atom. The summed E-state index contributed by atoms with van der Waals surface area (Å²) in [5.74, 6) is -5.93. The molecule has 0 radical (unpaired) electrons. The molecule has 6 N–H and O–H groups in total. The van der Waals surface area contributed by atoms with Crippen LogP contribution in [0.2, 0.25) is 0 Å². The minimum Gasteiger partial charge on any atom is -0.507 e. The molecule has 3 unspecified atom stereocenters. The summed E-state index contributed by atoms with van der Waals surface area (Å²) < 4.78 is 0. The molecule has 0 saturated heterocycles. The van der Waals surface area contributed by atoms with Crippen LogP contribution in [0, 0.1) is 11.8 Å². The molecule has 1 saturated carbocycles. The van der Waals surface area contributed by atoms with Crippen LogP contribution >= 0.6 is 0 Å². The number of carbonyl (C=O) groups is 3. The number of hydrogen-bond donors (Lipinski definition) is 5. The number of nitrogens with one attached hydrogen (secondary N) is 1. The van der Waals surface area contributed by atoms with E-state index in [0.29, 0.717) is 22.4 Å². The number of phenolic OH excluding ortho intramolecular Hbond substituents is 1. The van der Waals surface area contributed by atoms with Gasteiger partial charge in [0.15, 0.2) is 23.1 Å². The van der Waals surface area contributed by atoms with E-state index in [1.807, 2.05) is 0 Å². The molecular weight excluding hydrogens is 378 g/mol. The van der Waals surface area contributed by atoms with Crippen LogP contribution in [0.4, 0.5) is 0 Å². The first-order valence-corrected chi connectivity index (χ1v) is 9.32. The molecule has 9 heteroatoms. The number of primary amides is 1. The van der Waals surface area contributed by atoms with Crippen LogP contribution in [0.5, 0.6) is 5.75 Å². The summed E-state index contributed by atoms with van der Waals surface area (Å²) in [5, 5.41) is 40.2. The fourth-order valence-corrected chi connectivity index (χ4v) is 5.43. The van der Waals surface area contributed by atoms with Gasteiger partial charge in [-0.05, 0) is 25.0 Å². The van der Waals surface area contributed by atoms with Crippen LogP contribution in [0.15, 0.2) is 18.2 Å². The normalized spacial score (nSPS) is 34.9. The Bertz CT molecular complexity index is 1120. The van der Waals surface area contributed by atoms with E-state index < -0.39 is 46.4 Å². The van der Waals surface area contributed by atoms with Crippen molar-refractivity contribution in [3.8, 4) is 17.0 Å². The summed E-state index contributed by atoms with van der Waals surface area (Å²) >= 11 is 0. The number of fused-ring (bicyclic) bond motifs is 4. The first kappa shape index (κ1) is 18.0. The van der Waals surface area contributed by atoms with E-state index >= 15 is 0 Å². The molecule has 9 nitrogen and oxygen atoms in total. The van der Waals surface area contributed by atoms with Gasteiger partial charge >= 0.3 is 0 Å². The van der Waals surface area contributed by atoms with Crippen molar-refractivity contribution in [3.63, 3.8) is 0 Å². The molecule has 5 atom stereocenters. The molecule has 29 heavy (non-hydrogen) atoms. The number of Topliss-reactive ketones (excluding diaryl/α,β-unsaturated/α-hetero) is 2. The largest absolute Gasteiger partial charge is 0.507 e. The molecule has 0 spiro atoms. The molecule has 1 heterocycles. The molecule has 5 rings (SSSR count). The summed E-state index contributed by atoms with van der Waals surface area (Å²) in [6.07, 6.45) is -0.0930. The molecule has 0 bridgehead atoms. The lowest BCUT2D eigenvalue weighted by Crippen LogP contribution is -2.59. The number of aromatic hydroxyl groups is 1. The first-order valence-electron chi connectivity index (χ1n) is 9.32. The van der Waals surface area contributed by atoms with E-state index in [9.17, 15) is 29.7 Å². The lowest BCUT2D eigenvalue weighted by atomic mass is 9.55. The Hall–Kier alpha value is -3.04. The first-order chi connectivity index (χ1) is 13.6. The lowest BCUT2D eigenvalue weighted by molar-refractivity contribution is -0.167. The number of aromatic nitrogens is 2. The van der Waals surface area contributed by atoms with Crippen molar-refractivity contribution in [1.29, 1.82) is 0 Å². The van der Waals surface area contributed by atoms with E-state index in [-0.39, 0.29) is 24.3 Å². The molecule has 150 valence electrons. The standard InChI is InChI=1S/C20H19N3O6/c1-19(28)8-3-2-4-10(24)12(8)15-13-9(19)5-7-6-11(25)14(18(21)27)17(26)20(7,29)16(13)23-22-15/h2-4,7,9,14,24,28-29H,5-6H2,1H3,(H2,21,27)(H,22,23)/t7?,9?,14?,19-,20+/m1/s1. The van der Waals surface area contributed by atoms with Crippen molar-refractivity contribution in [2.24, 2.45) is 17.6 Å². The van der Waals surface area contributed by atoms with Gasteiger partial charge in [0.2, 0.25) is 5.91 Å². The van der Waals surface area contributed by atoms with E-state index in [4.69, 9.17) is 5.73 Å². The second-order valence-corrected chi connectivity index (χ2v) is 8.33. The van der Waals surface area contributed by atoms with Gasteiger partial charge in [0.25, 0.3) is 0 Å². The maximum absolute atomic E-state index is 13.1. The third-order valence-electron chi connectivity index (χ3n) is 6.84. The Balaban J connectivity index is 1.79. The van der Waals surface area contributed by atoms with Gasteiger partial charge < -0.3 is 21.1 Å². The van der Waals surface area contributed by atoms with E-state index in [0.717, 1.165) is 0 Å². The van der Waals surface area contributed by atoms with Crippen molar-refractivity contribution >= 4 is 17.5 Å². The Morgan fingerprint density at radius 2 is 2.03 bits per heavy atom. The number of phenols is 1. The summed E-state index contributed by atoms with van der Waals surface area (Å²) in [6, 6.07) is 4.77. The number of amides is 1. The van der Waals surface area contributed by atoms with Crippen molar-refractivity contribution < 1.29 is 29.7 Å². The Labute approximate surface area is 164 Å². The number of aromatic amines is 1. The number of nitrogens with two attached hydrogens (primary N) is 1. The molecule has 2 aromatic rings. The maximum atomic E-state index is 13.1. The van der Waals surface area contributed by atoms with Crippen molar-refractivity contribution in [3.05, 3.63) is 35.0 Å². The molecular formula is C20H19N3O6. The Kier molecular flexibility index (Phi) is 3.30. The van der Waals surface area contributed by atoms with Crippen LogP contribution in [0.1, 0.15) is 42.5 Å². The van der Waals surface area contributed by atoms with E-state index in [1.54, 1.807) is 19.1 Å². The van der Waals surface area contributed by atoms with Crippen molar-refractivity contribution in [1.82, 2.24) is 10.2 Å². The van der Waals surface area contributed by atoms with Gasteiger partial charge in [-0.3, -0.25) is 19.5 Å². The monoisotopic (exact) mass is 397 g/mol. The van der Waals surface area contributed by atoms with Gasteiger partial charge in [0, 0.05) is 23.8 Å². The minimum atomic E-state index is -2.15. The van der Waals surface area contributed by atoms with E-state index in [2.05, 4.69) is 10.2 Å². The number of benzene rings is 1. The van der Waals surface area contributed by atoms with Crippen LogP contribution < -0.4 is 5.73 Å². The zero-order valence-corrected chi connectivity index (χ0v) is 15.5. The van der Waals surface area contributed by atoms with Gasteiger partial charge in [0.05, 0.1) is 16.9 Å². The van der Waals surface area contributed by atoms with Gasteiger partial charge in [0.1, 0.15) is 11.4 Å². The summed E-state index contributed by atoms with van der Waals surface area (Å²) in [6.45, 7) is 1.60. The molecule has 1 amide bonds. The SMILES string of the molecule is C[C@@]1(O)c2cccc(O)c2-c2n[nH]c3c2C1CC1CC(=O)C(C(N)=O)C(=O)[C@@]31O. The number of rotatable bonds is 1. The molecule has 1 aromatic carbocycles. The van der Waals surface area contributed by atoms with Crippen molar-refractivity contribution in [2.75, 3.05) is 0 Å². The third-order valence-corrected chi connectivity index (χ3v) is 6.84. The summed E-state index contributed by atoms with van der Waals surface area (Å²) in [7, 11) is 0. The number of ketones is 2. The number of nitrogens with zero attached hydrogens (tertiary/aromatic N) is 1. The van der Waals surface area contributed by atoms with Crippen molar-refractivity contribution in [2.45, 2.75) is 36.9 Å². The topological polar surface area (TPSA) is 167 Å². The van der Waals surface area contributed by atoms with Gasteiger partial charge in [-0.1, -0.05) is 12.1 Å². The predicted molar refractivity (Wildman–Crippen MR) is 97.3 cm³/mol. The lowest BCUT2D eigenvalue weighted by Gasteiger charge is -2.49. The summed E-state index contributed by atoms with van der Waals surface area (Å²) in [4.78, 5) is 37.2. The minimum absolute atomic E-state index is 0.0479. The molecule has 1 aromatic heterocycles. The van der Waals surface area contributed by atoms with Gasteiger partial charge in [-0.15, -0.1) is 0 Å². The smallest absolute Gasteiger partial charge is 0.235 e. The maximum Gasteiger partial charge on any atom is 0.235 e. The highest BCUT2D eigenvalue weighted by atomic mass is 16.3. The number of carbonyl (C=O) groups excluding carboxylic acids is 3. The predicted octanol–water partition coefficient (Wildman–Crippen LogP) is -0.0621. The number of H-pyrrole nitrogens is 1. The zero-order valence-electron chi connectivity index (χ0n) is 15.5. The summed E-state index contributed by atoms with van der Waals surface area (Å²) in [5.41, 5.74) is 3.25. The van der Waals surface area contributed by atoms with E-state index in [1.165, 1.54) is 6.07 Å². The molecule has 3 aliphatic rings. The van der Waals surface area contributed by atoms with Gasteiger partial charge in [-0.2, -0.15) is 5.10 Å². The fourth-order valence-electron chi connectivity index (χ4n) is 5.43. The zero-order chi connectivity index (χ0) is 20.9. The van der Waals surface area contributed by atoms with Gasteiger partial charge in [-0.25, -0.2) is 0 Å². The highest BCUT2D eigenvalue weighted by Crippen LogP contribution is 2.61. The van der Waals surface area contributed by atoms with Crippen LogP contribution in [-0.2, 0) is 25.6 Å². The molecule has 0 aliphatic heterocycles. The second-order valence-electron chi connectivity index (χ2n) is 8.33. The average Bonchev–Trinajstić information content (AvgIpc) is 3.07. The second kappa shape index (κ2) is 5.31.